The predicted octanol–water partition coefficient (Wildman–Crippen LogP) is 0.315. The molecular weight excluding hydrogens is 172 g/mol. The van der Waals surface area contributed by atoms with Gasteiger partial charge in [0.1, 0.15) is 0 Å². The molecule has 4 heteroatoms. The highest BCUT2D eigenvalue weighted by Gasteiger charge is 2.12. The average Bonchev–Trinajstić information content (AvgIpc) is 1.98. The van der Waals surface area contributed by atoms with E-state index in [0.29, 0.717) is 0 Å². The van der Waals surface area contributed by atoms with Gasteiger partial charge in [-0.05, 0) is 0 Å². The molecule has 0 rings (SSSR count). The smallest absolute Gasteiger partial charge is 0.305 e. The zero-order valence-corrected chi connectivity index (χ0v) is 7.26. The molecule has 0 aliphatic rings. The molecule has 0 bridgehead atoms. The van der Waals surface area contributed by atoms with Gasteiger partial charge in [0.2, 0.25) is 0 Å². The van der Waals surface area contributed by atoms with Crippen molar-refractivity contribution in [1.29, 1.82) is 0 Å². The Labute approximate surface area is 76.8 Å². The third kappa shape index (κ3) is 7.24. The van der Waals surface area contributed by atoms with Crippen LogP contribution >= 0.6 is 0 Å². The summed E-state index contributed by atoms with van der Waals surface area (Å²) in [6.45, 7) is 3.41. The molecule has 0 heterocycles. The van der Waals surface area contributed by atoms with E-state index < -0.39 is 18.2 Å². The number of aliphatic hydroxyl groups excluding tert-OH is 2. The third-order valence-electron chi connectivity index (χ3n) is 1.39. The van der Waals surface area contributed by atoms with Crippen molar-refractivity contribution in [3.05, 3.63) is 24.8 Å². The second-order valence-electron chi connectivity index (χ2n) is 2.68. The molecule has 13 heavy (non-hydrogen) atoms. The van der Waals surface area contributed by atoms with Crippen molar-refractivity contribution < 1.29 is 20.1 Å². The minimum atomic E-state index is -1.08. The minimum absolute atomic E-state index is 0.0244. The van der Waals surface area contributed by atoms with Crippen molar-refractivity contribution in [3.8, 4) is 0 Å². The van der Waals surface area contributed by atoms with Crippen molar-refractivity contribution in [2.45, 2.75) is 25.0 Å². The van der Waals surface area contributed by atoms with Gasteiger partial charge in [0.05, 0.1) is 18.6 Å². The van der Waals surface area contributed by atoms with Crippen LogP contribution in [0, 0.1) is 0 Å². The lowest BCUT2D eigenvalue weighted by Gasteiger charge is -2.09. The lowest BCUT2D eigenvalue weighted by Crippen LogP contribution is -2.19. The monoisotopic (exact) mass is 186 g/mol. The summed E-state index contributed by atoms with van der Waals surface area (Å²) in [6.07, 6.45) is 2.31. The van der Waals surface area contributed by atoms with Gasteiger partial charge in [-0.1, -0.05) is 24.8 Å². The number of carbonyl (C=O) groups is 1. The van der Waals surface area contributed by atoms with Crippen LogP contribution in [0.25, 0.3) is 0 Å². The van der Waals surface area contributed by atoms with Crippen LogP contribution in [0.4, 0.5) is 0 Å². The quantitative estimate of drug-likeness (QED) is 0.522. The van der Waals surface area contributed by atoms with E-state index in [1.807, 2.05) is 0 Å². The topological polar surface area (TPSA) is 77.8 Å². The van der Waals surface area contributed by atoms with Gasteiger partial charge in [-0.25, -0.2) is 0 Å². The highest BCUT2D eigenvalue weighted by molar-refractivity contribution is 5.67. The van der Waals surface area contributed by atoms with Crippen molar-refractivity contribution >= 4 is 5.97 Å². The van der Waals surface area contributed by atoms with Crippen molar-refractivity contribution in [3.63, 3.8) is 0 Å². The van der Waals surface area contributed by atoms with Gasteiger partial charge in [0.25, 0.3) is 0 Å². The van der Waals surface area contributed by atoms with Crippen LogP contribution in [0.1, 0.15) is 12.8 Å². The maximum absolute atomic E-state index is 10.1. The molecule has 2 unspecified atom stereocenters. The Hall–Kier alpha value is -1.13. The van der Waals surface area contributed by atoms with Crippen molar-refractivity contribution in [1.82, 2.24) is 0 Å². The molecule has 74 valence electrons. The van der Waals surface area contributed by atoms with Crippen LogP contribution in [0.5, 0.6) is 0 Å². The number of aliphatic carboxylic acids is 1. The van der Waals surface area contributed by atoms with Gasteiger partial charge in [-0.2, -0.15) is 0 Å². The van der Waals surface area contributed by atoms with Gasteiger partial charge in [-0.15, -0.1) is 0 Å². The summed E-state index contributed by atoms with van der Waals surface area (Å²) in [5, 5.41) is 26.6. The van der Waals surface area contributed by atoms with E-state index in [0.717, 1.165) is 0 Å². The Morgan fingerprint density at radius 2 is 2.08 bits per heavy atom. The molecule has 4 nitrogen and oxygen atoms in total. The standard InChI is InChI=1S/C9H14O4/c1-2-3-4-7(10)5-8(11)6-9(12)13/h2-4,7-8,10-11H,1,5-6H2,(H,12,13)/b4-3+. The Kier molecular flexibility index (Phi) is 5.84. The lowest BCUT2D eigenvalue weighted by molar-refractivity contribution is -0.139. The number of hydrogen-bond acceptors (Lipinski definition) is 3. The van der Waals surface area contributed by atoms with Crippen LogP contribution in [-0.4, -0.2) is 33.5 Å². The average molecular weight is 186 g/mol. The van der Waals surface area contributed by atoms with Gasteiger partial charge in [-0.3, -0.25) is 4.79 Å². The molecule has 0 saturated carbocycles. The van der Waals surface area contributed by atoms with Gasteiger partial charge in [0.15, 0.2) is 0 Å². The Balaban J connectivity index is 3.76. The van der Waals surface area contributed by atoms with Gasteiger partial charge in [0, 0.05) is 6.42 Å². The zero-order valence-electron chi connectivity index (χ0n) is 7.26. The summed E-state index contributed by atoms with van der Waals surface area (Å²) in [5.41, 5.74) is 0. The molecule has 0 saturated heterocycles. The minimum Gasteiger partial charge on any atom is -0.481 e. The molecular formula is C9H14O4. The van der Waals surface area contributed by atoms with Crippen LogP contribution in [0.2, 0.25) is 0 Å². The third-order valence-corrected chi connectivity index (χ3v) is 1.39. The second kappa shape index (κ2) is 6.39. The van der Waals surface area contributed by atoms with Crippen molar-refractivity contribution in [2.24, 2.45) is 0 Å². The van der Waals surface area contributed by atoms with E-state index in [-0.39, 0.29) is 12.8 Å². The van der Waals surface area contributed by atoms with Crippen LogP contribution in [-0.2, 0) is 4.79 Å². The Morgan fingerprint density at radius 1 is 1.46 bits per heavy atom. The van der Waals surface area contributed by atoms with E-state index >= 15 is 0 Å². The number of carboxylic acids is 1. The number of hydrogen-bond donors (Lipinski definition) is 3. The largest absolute Gasteiger partial charge is 0.481 e. The molecule has 2 atom stereocenters. The maximum Gasteiger partial charge on any atom is 0.305 e. The first-order chi connectivity index (χ1) is 6.06. The van der Waals surface area contributed by atoms with Gasteiger partial charge >= 0.3 is 5.97 Å². The molecule has 0 aliphatic heterocycles. The normalized spacial score (nSPS) is 15.5. The maximum atomic E-state index is 10.1. The number of carboxylic acid groups (broad SMARTS) is 1. The SMILES string of the molecule is C=C/C=C/C(O)CC(O)CC(=O)O. The Bertz CT molecular complexity index is 198. The molecule has 0 aromatic rings. The first-order valence-electron chi connectivity index (χ1n) is 3.93. The molecule has 0 fully saturated rings. The van der Waals surface area contributed by atoms with Crippen molar-refractivity contribution in [2.75, 3.05) is 0 Å². The summed E-state index contributed by atoms with van der Waals surface area (Å²) in [4.78, 5) is 10.1. The molecule has 0 aromatic heterocycles. The van der Waals surface area contributed by atoms with E-state index in [9.17, 15) is 9.90 Å². The molecule has 0 aromatic carbocycles. The first kappa shape index (κ1) is 11.9. The van der Waals surface area contributed by atoms with Gasteiger partial charge < -0.3 is 15.3 Å². The fourth-order valence-corrected chi connectivity index (χ4v) is 0.849. The number of aliphatic hydroxyl groups is 2. The highest BCUT2D eigenvalue weighted by atomic mass is 16.4. The van der Waals surface area contributed by atoms with E-state index in [1.54, 1.807) is 0 Å². The summed E-state index contributed by atoms with van der Waals surface area (Å²) < 4.78 is 0. The molecule has 0 radical (unpaired) electrons. The fourth-order valence-electron chi connectivity index (χ4n) is 0.849. The Morgan fingerprint density at radius 3 is 2.54 bits per heavy atom. The highest BCUT2D eigenvalue weighted by Crippen LogP contribution is 2.03. The number of allylic oxidation sites excluding steroid dienone is 2. The van der Waals surface area contributed by atoms with Crippen LogP contribution < -0.4 is 0 Å². The van der Waals surface area contributed by atoms with E-state index in [1.165, 1.54) is 18.2 Å². The number of rotatable bonds is 6. The summed E-state index contributed by atoms with van der Waals surface area (Å²) in [6, 6.07) is 0. The van der Waals surface area contributed by atoms with Crippen LogP contribution in [0.3, 0.4) is 0 Å². The zero-order chi connectivity index (χ0) is 10.3. The molecule has 0 aliphatic carbocycles. The summed E-state index contributed by atoms with van der Waals surface area (Å²) >= 11 is 0. The molecule has 0 spiro atoms. The van der Waals surface area contributed by atoms with Crippen LogP contribution in [0.15, 0.2) is 24.8 Å². The van der Waals surface area contributed by atoms with E-state index in [4.69, 9.17) is 10.2 Å². The van der Waals surface area contributed by atoms with E-state index in [2.05, 4.69) is 6.58 Å². The second-order valence-corrected chi connectivity index (χ2v) is 2.68. The molecule has 3 N–H and O–H groups in total. The summed E-state index contributed by atoms with van der Waals surface area (Å²) in [7, 11) is 0. The fraction of sp³-hybridized carbons (Fsp3) is 0.444. The predicted molar refractivity (Wildman–Crippen MR) is 48.2 cm³/mol. The first-order valence-corrected chi connectivity index (χ1v) is 3.93. The lowest BCUT2D eigenvalue weighted by atomic mass is 10.1. The molecule has 0 amide bonds. The summed E-state index contributed by atoms with van der Waals surface area (Å²) in [5.74, 6) is -1.08.